The number of thiazole rings is 1. The SMILES string of the molecule is CCOC(=O)c1ccc(-c2ccc(/C=c3/sc4nc5cc(Br)cnc5n4c3=O)o2)cc1. The van der Waals surface area contributed by atoms with E-state index in [1.54, 1.807) is 49.5 Å². The van der Waals surface area contributed by atoms with Crippen LogP contribution in [-0.4, -0.2) is 26.9 Å². The Hall–Kier alpha value is -3.30. The molecule has 5 rings (SSSR count). The van der Waals surface area contributed by atoms with Gasteiger partial charge in [0.2, 0.25) is 0 Å². The molecule has 0 saturated heterocycles. The number of halogens is 1. The van der Waals surface area contributed by atoms with Gasteiger partial charge < -0.3 is 9.15 Å². The molecule has 4 aromatic heterocycles. The summed E-state index contributed by atoms with van der Waals surface area (Å²) in [5, 5.41) is 0. The summed E-state index contributed by atoms with van der Waals surface area (Å²) in [5.74, 6) is 0.820. The Kier molecular flexibility index (Phi) is 4.91. The number of carbonyl (C=O) groups excluding carboxylic acids is 1. The van der Waals surface area contributed by atoms with Gasteiger partial charge in [0.15, 0.2) is 10.6 Å². The van der Waals surface area contributed by atoms with Crippen LogP contribution >= 0.6 is 27.3 Å². The van der Waals surface area contributed by atoms with Crippen LogP contribution in [-0.2, 0) is 4.74 Å². The second kappa shape index (κ2) is 7.75. The Bertz CT molecular complexity index is 1550. The number of furan rings is 1. The highest BCUT2D eigenvalue weighted by atomic mass is 79.9. The maximum Gasteiger partial charge on any atom is 0.338 e. The molecular weight excluding hydrogens is 482 g/mol. The number of rotatable bonds is 4. The van der Waals surface area contributed by atoms with E-state index in [4.69, 9.17) is 9.15 Å². The molecule has 9 heteroatoms. The Morgan fingerprint density at radius 1 is 1.26 bits per heavy atom. The number of aromatic nitrogens is 3. The number of hydrogen-bond donors (Lipinski definition) is 0. The van der Waals surface area contributed by atoms with Crippen LogP contribution in [0.25, 0.3) is 33.5 Å². The summed E-state index contributed by atoms with van der Waals surface area (Å²) in [7, 11) is 0. The number of carbonyl (C=O) groups is 1. The monoisotopic (exact) mass is 495 g/mol. The first-order valence-corrected chi connectivity index (χ1v) is 11.0. The van der Waals surface area contributed by atoms with Gasteiger partial charge in [-0.1, -0.05) is 23.5 Å². The van der Waals surface area contributed by atoms with E-state index < -0.39 is 0 Å². The minimum Gasteiger partial charge on any atom is -0.462 e. The average molecular weight is 496 g/mol. The van der Waals surface area contributed by atoms with E-state index >= 15 is 0 Å². The minimum atomic E-state index is -0.359. The fraction of sp³-hybridized carbons (Fsp3) is 0.0909. The Morgan fingerprint density at radius 2 is 2.06 bits per heavy atom. The third-order valence-corrected chi connectivity index (χ3v) is 6.03. The molecule has 0 atom stereocenters. The smallest absolute Gasteiger partial charge is 0.338 e. The summed E-state index contributed by atoms with van der Waals surface area (Å²) in [4.78, 5) is 34.1. The van der Waals surface area contributed by atoms with E-state index in [1.807, 2.05) is 12.1 Å². The fourth-order valence-corrected chi connectivity index (χ4v) is 4.49. The van der Waals surface area contributed by atoms with Crippen LogP contribution in [0.4, 0.5) is 0 Å². The van der Waals surface area contributed by atoms with Gasteiger partial charge in [0.25, 0.3) is 5.56 Å². The van der Waals surface area contributed by atoms with E-state index in [0.29, 0.717) is 44.3 Å². The van der Waals surface area contributed by atoms with E-state index in [1.165, 1.54) is 15.7 Å². The van der Waals surface area contributed by atoms with Crippen molar-refractivity contribution in [3.63, 3.8) is 0 Å². The van der Waals surface area contributed by atoms with Gasteiger partial charge in [-0.25, -0.2) is 19.2 Å². The number of esters is 1. The van der Waals surface area contributed by atoms with Crippen molar-refractivity contribution in [2.45, 2.75) is 6.92 Å². The average Bonchev–Trinajstić information content (AvgIpc) is 3.44. The predicted octanol–water partition coefficient (Wildman–Crippen LogP) is 4.05. The molecule has 0 aliphatic carbocycles. The molecular formula is C22H14BrN3O4S. The normalized spacial score (nSPS) is 12.1. The summed E-state index contributed by atoms with van der Waals surface area (Å²) in [5.41, 5.74) is 2.30. The highest BCUT2D eigenvalue weighted by Crippen LogP contribution is 2.23. The molecule has 5 aromatic rings. The Balaban J connectivity index is 1.49. The summed E-state index contributed by atoms with van der Waals surface area (Å²) in [6.07, 6.45) is 3.34. The molecule has 0 N–H and O–H groups in total. The maximum atomic E-state index is 12.9. The zero-order valence-electron chi connectivity index (χ0n) is 16.2. The molecule has 0 unspecified atom stereocenters. The second-order valence-corrected chi connectivity index (χ2v) is 8.57. The van der Waals surface area contributed by atoms with E-state index in [2.05, 4.69) is 25.9 Å². The first-order chi connectivity index (χ1) is 15.0. The lowest BCUT2D eigenvalue weighted by atomic mass is 10.1. The molecule has 0 aliphatic heterocycles. The molecule has 0 bridgehead atoms. The zero-order chi connectivity index (χ0) is 21.5. The number of ether oxygens (including phenoxy) is 1. The molecule has 7 nitrogen and oxygen atoms in total. The lowest BCUT2D eigenvalue weighted by Crippen LogP contribution is -2.22. The van der Waals surface area contributed by atoms with Crippen molar-refractivity contribution in [3.8, 4) is 11.3 Å². The Labute approximate surface area is 187 Å². The molecule has 1 aromatic carbocycles. The molecule has 31 heavy (non-hydrogen) atoms. The predicted molar refractivity (Wildman–Crippen MR) is 121 cm³/mol. The topological polar surface area (TPSA) is 86.7 Å². The van der Waals surface area contributed by atoms with Gasteiger partial charge in [0, 0.05) is 22.3 Å². The maximum absolute atomic E-state index is 12.9. The van der Waals surface area contributed by atoms with Gasteiger partial charge in [0.05, 0.1) is 12.2 Å². The third-order valence-electron chi connectivity index (χ3n) is 4.63. The lowest BCUT2D eigenvalue weighted by molar-refractivity contribution is 0.0526. The lowest BCUT2D eigenvalue weighted by Gasteiger charge is -2.02. The molecule has 0 fully saturated rings. The van der Waals surface area contributed by atoms with Crippen LogP contribution in [0.3, 0.4) is 0 Å². The summed E-state index contributed by atoms with van der Waals surface area (Å²) < 4.78 is 13.7. The third kappa shape index (κ3) is 3.55. The van der Waals surface area contributed by atoms with Crippen molar-refractivity contribution in [1.29, 1.82) is 0 Å². The number of fused-ring (bicyclic) bond motifs is 3. The molecule has 154 valence electrons. The molecule has 4 heterocycles. The molecule has 0 spiro atoms. The van der Waals surface area contributed by atoms with Crippen molar-refractivity contribution in [2.75, 3.05) is 6.61 Å². The first-order valence-electron chi connectivity index (χ1n) is 9.39. The van der Waals surface area contributed by atoms with Crippen LogP contribution in [0.1, 0.15) is 23.0 Å². The molecule has 0 aliphatic rings. The number of imidazole rings is 1. The van der Waals surface area contributed by atoms with Gasteiger partial charge in [0.1, 0.15) is 21.6 Å². The highest BCUT2D eigenvalue weighted by Gasteiger charge is 2.13. The van der Waals surface area contributed by atoms with Crippen LogP contribution in [0.5, 0.6) is 0 Å². The number of hydrogen-bond acceptors (Lipinski definition) is 7. The molecule has 0 saturated carbocycles. The summed E-state index contributed by atoms with van der Waals surface area (Å²) in [6, 6.07) is 12.4. The highest BCUT2D eigenvalue weighted by molar-refractivity contribution is 9.10. The van der Waals surface area contributed by atoms with Crippen molar-refractivity contribution in [1.82, 2.24) is 14.4 Å². The van der Waals surface area contributed by atoms with Crippen LogP contribution in [0.2, 0.25) is 0 Å². The first kappa shape index (κ1) is 19.7. The van der Waals surface area contributed by atoms with Crippen molar-refractivity contribution in [3.05, 3.63) is 79.3 Å². The van der Waals surface area contributed by atoms with Gasteiger partial charge in [-0.15, -0.1) is 0 Å². The number of benzene rings is 1. The van der Waals surface area contributed by atoms with Gasteiger partial charge >= 0.3 is 5.97 Å². The van der Waals surface area contributed by atoms with Gasteiger partial charge in [-0.05, 0) is 53.2 Å². The van der Waals surface area contributed by atoms with Gasteiger partial charge in [-0.2, -0.15) is 0 Å². The zero-order valence-corrected chi connectivity index (χ0v) is 18.6. The second-order valence-electron chi connectivity index (χ2n) is 6.64. The van der Waals surface area contributed by atoms with E-state index in [-0.39, 0.29) is 11.5 Å². The number of nitrogens with zero attached hydrogens (tertiary/aromatic N) is 3. The van der Waals surface area contributed by atoms with Gasteiger partial charge in [-0.3, -0.25) is 4.79 Å². The van der Waals surface area contributed by atoms with Crippen molar-refractivity contribution in [2.24, 2.45) is 0 Å². The van der Waals surface area contributed by atoms with Crippen LogP contribution < -0.4 is 10.1 Å². The van der Waals surface area contributed by atoms with Crippen molar-refractivity contribution >= 4 is 55.4 Å². The van der Waals surface area contributed by atoms with Crippen molar-refractivity contribution < 1.29 is 13.9 Å². The quantitative estimate of drug-likeness (QED) is 0.349. The largest absolute Gasteiger partial charge is 0.462 e. The minimum absolute atomic E-state index is 0.186. The number of pyridine rings is 1. The van der Waals surface area contributed by atoms with E-state index in [0.717, 1.165) is 10.0 Å². The summed E-state index contributed by atoms with van der Waals surface area (Å²) >= 11 is 4.65. The molecule has 0 amide bonds. The van der Waals surface area contributed by atoms with Crippen LogP contribution in [0.15, 0.2) is 62.3 Å². The summed E-state index contributed by atoms with van der Waals surface area (Å²) in [6.45, 7) is 2.10. The van der Waals surface area contributed by atoms with Crippen LogP contribution in [0, 0.1) is 0 Å². The van der Waals surface area contributed by atoms with E-state index in [9.17, 15) is 9.59 Å². The fourth-order valence-electron chi connectivity index (χ4n) is 3.21. The Morgan fingerprint density at radius 3 is 2.84 bits per heavy atom. The standard InChI is InChI=1S/C22H14BrN3O4S/c1-2-29-21(28)13-5-3-12(4-6-13)17-8-7-15(30-17)10-18-20(27)26-19-16(25-22(26)31-18)9-14(23)11-24-19/h3-11H,2H2,1H3/b18-10+. The molecule has 0 radical (unpaired) electrons.